The van der Waals surface area contributed by atoms with Gasteiger partial charge in [0.25, 0.3) is 0 Å². The van der Waals surface area contributed by atoms with Crippen molar-refractivity contribution in [1.29, 1.82) is 5.26 Å². The number of aryl methyl sites for hydroxylation is 1. The van der Waals surface area contributed by atoms with Gasteiger partial charge in [-0.15, -0.1) is 11.8 Å². The zero-order valence-corrected chi connectivity index (χ0v) is 17.5. The van der Waals surface area contributed by atoms with Gasteiger partial charge in [0.2, 0.25) is 5.91 Å². The molecule has 1 aliphatic heterocycles. The first-order chi connectivity index (χ1) is 13.9. The van der Waals surface area contributed by atoms with E-state index in [1.165, 1.54) is 18.9 Å². The second-order valence-electron chi connectivity index (χ2n) is 6.65. The summed E-state index contributed by atoms with van der Waals surface area (Å²) in [5.41, 5.74) is 3.12. The van der Waals surface area contributed by atoms with Crippen molar-refractivity contribution < 1.29 is 14.3 Å². The minimum Gasteiger partial charge on any atom is -0.468 e. The average molecular weight is 427 g/mol. The van der Waals surface area contributed by atoms with Crippen LogP contribution in [0.15, 0.2) is 59.1 Å². The number of esters is 1. The first-order valence-electron chi connectivity index (χ1n) is 8.91. The maximum atomic E-state index is 12.8. The van der Waals surface area contributed by atoms with Crippen LogP contribution in [-0.4, -0.2) is 19.0 Å². The molecule has 3 rings (SSSR count). The summed E-state index contributed by atoms with van der Waals surface area (Å²) < 4.78 is 4.85. The fourth-order valence-corrected chi connectivity index (χ4v) is 4.32. The van der Waals surface area contributed by atoms with Crippen molar-refractivity contribution in [2.45, 2.75) is 18.6 Å². The molecule has 5 nitrogen and oxygen atoms in total. The van der Waals surface area contributed by atoms with Gasteiger partial charge in [-0.05, 0) is 30.2 Å². The van der Waals surface area contributed by atoms with Crippen LogP contribution in [0.3, 0.4) is 0 Å². The standard InChI is InChI=1S/C22H19ClN2O3S/c1-13-3-7-15(8-4-13)18-17(11-24)21(25-20(26)19(18)22(27)28-2)29-12-14-5-9-16(23)10-6-14/h3-10,18-19H,12H2,1-2H3,(H,25,26)/t18-,19-/m0/s1. The normalized spacial score (nSPS) is 18.8. The van der Waals surface area contributed by atoms with Crippen LogP contribution >= 0.6 is 23.4 Å². The molecule has 2 aromatic rings. The van der Waals surface area contributed by atoms with E-state index in [-0.39, 0.29) is 0 Å². The third-order valence-corrected chi connectivity index (χ3v) is 6.06. The zero-order chi connectivity index (χ0) is 21.0. The Hall–Kier alpha value is -2.75. The number of hydrogen-bond donors (Lipinski definition) is 1. The molecular formula is C22H19ClN2O3S. The number of carbonyl (C=O) groups is 2. The second-order valence-corrected chi connectivity index (χ2v) is 8.07. The van der Waals surface area contributed by atoms with E-state index in [0.29, 0.717) is 21.4 Å². The lowest BCUT2D eigenvalue weighted by Gasteiger charge is -2.31. The molecule has 0 aliphatic carbocycles. The number of benzene rings is 2. The molecule has 1 N–H and O–H groups in total. The summed E-state index contributed by atoms with van der Waals surface area (Å²) in [6, 6.07) is 17.0. The van der Waals surface area contributed by atoms with Crippen LogP contribution < -0.4 is 5.32 Å². The topological polar surface area (TPSA) is 79.2 Å². The molecule has 0 spiro atoms. The van der Waals surface area contributed by atoms with Crippen molar-refractivity contribution in [2.75, 3.05) is 7.11 Å². The maximum Gasteiger partial charge on any atom is 0.319 e. The molecule has 0 bridgehead atoms. The number of hydrogen-bond acceptors (Lipinski definition) is 5. The highest BCUT2D eigenvalue weighted by molar-refractivity contribution is 8.02. The zero-order valence-electron chi connectivity index (χ0n) is 15.9. The average Bonchev–Trinajstić information content (AvgIpc) is 2.73. The van der Waals surface area contributed by atoms with Gasteiger partial charge in [-0.3, -0.25) is 9.59 Å². The Morgan fingerprint density at radius 3 is 2.45 bits per heavy atom. The molecule has 0 saturated carbocycles. The number of nitriles is 1. The third kappa shape index (κ3) is 4.64. The predicted molar refractivity (Wildman–Crippen MR) is 113 cm³/mol. The van der Waals surface area contributed by atoms with Gasteiger partial charge in [-0.2, -0.15) is 5.26 Å². The van der Waals surface area contributed by atoms with Crippen molar-refractivity contribution in [2.24, 2.45) is 5.92 Å². The lowest BCUT2D eigenvalue weighted by Crippen LogP contribution is -2.44. The van der Waals surface area contributed by atoms with Crippen molar-refractivity contribution in [1.82, 2.24) is 5.32 Å². The van der Waals surface area contributed by atoms with Crippen LogP contribution in [-0.2, 0) is 20.1 Å². The number of nitrogens with one attached hydrogen (secondary N) is 1. The number of methoxy groups -OCH3 is 1. The molecule has 2 aromatic carbocycles. The van der Waals surface area contributed by atoms with Crippen molar-refractivity contribution in [3.05, 3.63) is 80.8 Å². The van der Waals surface area contributed by atoms with Gasteiger partial charge >= 0.3 is 5.97 Å². The predicted octanol–water partition coefficient (Wildman–Crippen LogP) is 4.32. The summed E-state index contributed by atoms with van der Waals surface area (Å²) in [4.78, 5) is 25.2. The molecule has 2 atom stereocenters. The van der Waals surface area contributed by atoms with Crippen LogP contribution in [0.1, 0.15) is 22.6 Å². The quantitative estimate of drug-likeness (QED) is 0.569. The first-order valence-corrected chi connectivity index (χ1v) is 10.3. The van der Waals surface area contributed by atoms with E-state index in [1.807, 2.05) is 43.3 Å². The molecule has 0 unspecified atom stereocenters. The lowest BCUT2D eigenvalue weighted by molar-refractivity contribution is -0.150. The van der Waals surface area contributed by atoms with Crippen molar-refractivity contribution in [3.8, 4) is 6.07 Å². The molecule has 148 valence electrons. The number of rotatable bonds is 5. The van der Waals surface area contributed by atoms with Crippen LogP contribution in [0.2, 0.25) is 5.02 Å². The molecule has 29 heavy (non-hydrogen) atoms. The third-order valence-electron chi connectivity index (χ3n) is 4.72. The summed E-state index contributed by atoms with van der Waals surface area (Å²) in [5.74, 6) is -2.41. The van der Waals surface area contributed by atoms with E-state index < -0.39 is 23.7 Å². The Bertz CT molecular complexity index is 994. The highest BCUT2D eigenvalue weighted by Crippen LogP contribution is 2.40. The molecule has 0 fully saturated rings. The highest BCUT2D eigenvalue weighted by atomic mass is 35.5. The fourth-order valence-electron chi connectivity index (χ4n) is 3.19. The van der Waals surface area contributed by atoms with Gasteiger partial charge in [0, 0.05) is 16.7 Å². The largest absolute Gasteiger partial charge is 0.468 e. The Morgan fingerprint density at radius 1 is 1.21 bits per heavy atom. The van der Waals surface area contributed by atoms with Crippen molar-refractivity contribution >= 4 is 35.2 Å². The van der Waals surface area contributed by atoms with E-state index in [0.717, 1.165) is 16.7 Å². The number of nitrogens with zero attached hydrogens (tertiary/aromatic N) is 1. The Morgan fingerprint density at radius 2 is 1.86 bits per heavy atom. The molecular weight excluding hydrogens is 408 g/mol. The maximum absolute atomic E-state index is 12.8. The van der Waals surface area contributed by atoms with Gasteiger partial charge in [0.15, 0.2) is 0 Å². The molecule has 1 aliphatic rings. The van der Waals surface area contributed by atoms with Crippen LogP contribution in [0, 0.1) is 24.2 Å². The molecule has 1 amide bonds. The summed E-state index contributed by atoms with van der Waals surface area (Å²) >= 11 is 7.27. The Kier molecular flexibility index (Phi) is 6.63. The van der Waals surface area contributed by atoms with Crippen molar-refractivity contribution in [3.63, 3.8) is 0 Å². The summed E-state index contributed by atoms with van der Waals surface area (Å²) in [6.45, 7) is 1.95. The first kappa shape index (κ1) is 21.0. The molecule has 0 radical (unpaired) electrons. The molecule has 0 aromatic heterocycles. The van der Waals surface area contributed by atoms with E-state index in [4.69, 9.17) is 16.3 Å². The Balaban J connectivity index is 2.00. The lowest BCUT2D eigenvalue weighted by atomic mass is 9.78. The van der Waals surface area contributed by atoms with E-state index >= 15 is 0 Å². The Labute approximate surface area is 178 Å². The van der Waals surface area contributed by atoms with E-state index in [1.54, 1.807) is 12.1 Å². The van der Waals surface area contributed by atoms with Crippen LogP contribution in [0.5, 0.6) is 0 Å². The molecule has 1 heterocycles. The summed E-state index contributed by atoms with van der Waals surface area (Å²) in [5, 5.41) is 13.7. The summed E-state index contributed by atoms with van der Waals surface area (Å²) in [6.07, 6.45) is 0. The number of allylic oxidation sites excluding steroid dienone is 1. The van der Waals surface area contributed by atoms with Gasteiger partial charge in [-0.25, -0.2) is 0 Å². The van der Waals surface area contributed by atoms with E-state index in [9.17, 15) is 14.9 Å². The number of thioether (sulfide) groups is 1. The van der Waals surface area contributed by atoms with E-state index in [2.05, 4.69) is 11.4 Å². The minimum absolute atomic E-state index is 0.350. The SMILES string of the molecule is COC(=O)[C@@H]1C(=O)NC(SCc2ccc(Cl)cc2)=C(C#N)[C@@H]1c1ccc(C)cc1. The monoisotopic (exact) mass is 426 g/mol. The fraction of sp³-hybridized carbons (Fsp3) is 0.227. The summed E-state index contributed by atoms with van der Waals surface area (Å²) in [7, 11) is 1.24. The van der Waals surface area contributed by atoms with Gasteiger partial charge in [0.05, 0.1) is 23.8 Å². The molecule has 7 heteroatoms. The molecule has 0 saturated heterocycles. The van der Waals surface area contributed by atoms with Gasteiger partial charge in [-0.1, -0.05) is 53.6 Å². The smallest absolute Gasteiger partial charge is 0.319 e. The second kappa shape index (κ2) is 9.17. The number of amides is 1. The van der Waals surface area contributed by atoms with Gasteiger partial charge in [0.1, 0.15) is 5.92 Å². The number of carbonyl (C=O) groups excluding carboxylic acids is 2. The minimum atomic E-state index is -1.11. The number of halogens is 1. The highest BCUT2D eigenvalue weighted by Gasteiger charge is 2.44. The van der Waals surface area contributed by atoms with Gasteiger partial charge < -0.3 is 10.1 Å². The van der Waals surface area contributed by atoms with Crippen LogP contribution in [0.25, 0.3) is 0 Å². The van der Waals surface area contributed by atoms with Crippen LogP contribution in [0.4, 0.5) is 0 Å². The number of ether oxygens (including phenoxy) is 1.